The van der Waals surface area contributed by atoms with E-state index in [0.717, 1.165) is 4.90 Å². The molecule has 0 heterocycles. The minimum Gasteiger partial charge on any atom is -0.493 e. The summed E-state index contributed by atoms with van der Waals surface area (Å²) in [5.74, 6) is -39.9. The first kappa shape index (κ1) is 44.9. The second kappa shape index (κ2) is 14.8. The minimum atomic E-state index is -7.99. The molecule has 0 aliphatic rings. The molecule has 0 bridgehead atoms. The van der Waals surface area contributed by atoms with E-state index in [0.29, 0.717) is 0 Å². The van der Waals surface area contributed by atoms with Crippen molar-refractivity contribution >= 4 is 17.7 Å². The van der Waals surface area contributed by atoms with Crippen molar-refractivity contribution in [2.75, 3.05) is 19.0 Å². The number of nitrogens with zero attached hydrogens (tertiary/aromatic N) is 1. The van der Waals surface area contributed by atoms with Gasteiger partial charge in [0.05, 0.1) is 13.0 Å². The van der Waals surface area contributed by atoms with E-state index in [4.69, 9.17) is 9.47 Å². The van der Waals surface area contributed by atoms with Crippen LogP contribution in [0, 0.1) is 5.92 Å². The molecule has 1 atom stereocenters. The van der Waals surface area contributed by atoms with E-state index in [1.807, 2.05) is 0 Å². The number of likely N-dealkylation sites (N-methyl/N-ethyl adjacent to an activating group) is 1. The van der Waals surface area contributed by atoms with Crippen LogP contribution >= 0.6 is 0 Å². The number of carbonyl (C=O) groups is 2. The van der Waals surface area contributed by atoms with E-state index in [9.17, 15) is 66.7 Å². The van der Waals surface area contributed by atoms with Gasteiger partial charge in [0, 0.05) is 12.7 Å². The summed E-state index contributed by atoms with van der Waals surface area (Å²) in [4.78, 5) is 27.1. The molecule has 290 valence electrons. The van der Waals surface area contributed by atoms with Crippen molar-refractivity contribution in [1.82, 2.24) is 4.90 Å². The molecule has 1 aromatic rings. The third-order valence-electron chi connectivity index (χ3n) is 7.32. The van der Waals surface area contributed by atoms with E-state index in [-0.39, 0.29) is 22.6 Å². The third kappa shape index (κ3) is 9.01. The molecule has 0 spiro atoms. The van der Waals surface area contributed by atoms with Crippen LogP contribution in [0.5, 0.6) is 5.75 Å². The number of ether oxygens (including phenoxy) is 2. The quantitative estimate of drug-likeness (QED) is 0.192. The number of carbonyl (C=O) groups excluding carboxylic acids is 2. The number of amides is 2. The summed E-state index contributed by atoms with van der Waals surface area (Å²) < 4.78 is 186. The van der Waals surface area contributed by atoms with Gasteiger partial charge >= 0.3 is 41.9 Å². The maximum Gasteiger partial charge on any atom is 0.460 e. The Kier molecular flexibility index (Phi) is 13.3. The van der Waals surface area contributed by atoms with Crippen molar-refractivity contribution in [3.63, 3.8) is 0 Å². The molecule has 1 N–H and O–H groups in total. The van der Waals surface area contributed by atoms with Crippen molar-refractivity contribution in [1.29, 1.82) is 0 Å². The molecule has 0 aromatic heterocycles. The summed E-state index contributed by atoms with van der Waals surface area (Å²) in [5.41, 5.74) is -0.498. The Morgan fingerprint density at radius 1 is 0.720 bits per heavy atom. The van der Waals surface area contributed by atoms with Crippen LogP contribution in [0.3, 0.4) is 0 Å². The predicted octanol–water partition coefficient (Wildman–Crippen LogP) is 10.3. The number of hydrogen-bond donors (Lipinski definition) is 1. The van der Waals surface area contributed by atoms with Gasteiger partial charge in [-0.3, -0.25) is 9.69 Å². The standard InChI is InChI=1S/C31H41F13N2O4/c1-15(2)19-13-18(45-23(47)21(17(5)6)46(10)24(48)50-25(7,8)9)14-20(16(3)4)22(19)49-12-11-26(32,33)27(34,35)28(36,37)29(38,39)30(40,41)31(42,43)44/h13-17,21H,11-12H2,1-10H3,(H,45,47)/t21-/m0/s1. The predicted molar refractivity (Wildman–Crippen MR) is 157 cm³/mol. The van der Waals surface area contributed by atoms with Crippen LogP contribution in [0.15, 0.2) is 12.1 Å². The Labute approximate surface area is 281 Å². The lowest BCUT2D eigenvalue weighted by atomic mass is 9.92. The minimum absolute atomic E-state index is 0.0994. The topological polar surface area (TPSA) is 67.9 Å². The van der Waals surface area contributed by atoms with E-state index in [2.05, 4.69) is 5.32 Å². The van der Waals surface area contributed by atoms with Crippen LogP contribution in [0.4, 0.5) is 67.6 Å². The molecule has 50 heavy (non-hydrogen) atoms. The van der Waals surface area contributed by atoms with Gasteiger partial charge < -0.3 is 14.8 Å². The average Bonchev–Trinajstić information content (AvgIpc) is 2.90. The molecule has 19 heteroatoms. The number of alkyl halides is 13. The summed E-state index contributed by atoms with van der Waals surface area (Å²) in [6, 6.07) is 1.53. The molecule has 1 aromatic carbocycles. The highest BCUT2D eigenvalue weighted by molar-refractivity contribution is 5.97. The fourth-order valence-corrected chi connectivity index (χ4v) is 4.60. The van der Waals surface area contributed by atoms with Gasteiger partial charge in [0.2, 0.25) is 5.91 Å². The first-order chi connectivity index (χ1) is 22.1. The van der Waals surface area contributed by atoms with E-state index < -0.39 is 90.2 Å². The van der Waals surface area contributed by atoms with Gasteiger partial charge in [-0.25, -0.2) is 4.79 Å². The first-order valence-corrected chi connectivity index (χ1v) is 15.1. The molecule has 0 saturated heterocycles. The van der Waals surface area contributed by atoms with Crippen molar-refractivity contribution in [3.05, 3.63) is 23.3 Å². The maximum absolute atomic E-state index is 14.4. The van der Waals surface area contributed by atoms with E-state index in [1.165, 1.54) is 19.2 Å². The van der Waals surface area contributed by atoms with Crippen LogP contribution in [0.1, 0.15) is 91.7 Å². The second-order valence-corrected chi connectivity index (χ2v) is 13.7. The number of halogens is 13. The molecule has 0 radical (unpaired) electrons. The summed E-state index contributed by atoms with van der Waals surface area (Å²) >= 11 is 0. The van der Waals surface area contributed by atoms with E-state index >= 15 is 0 Å². The Morgan fingerprint density at radius 3 is 1.50 bits per heavy atom. The van der Waals surface area contributed by atoms with Crippen molar-refractivity contribution in [3.8, 4) is 5.75 Å². The molecule has 2 amide bonds. The summed E-state index contributed by atoms with van der Waals surface area (Å²) in [7, 11) is 1.34. The van der Waals surface area contributed by atoms with Crippen molar-refractivity contribution in [2.24, 2.45) is 5.92 Å². The van der Waals surface area contributed by atoms with Gasteiger partial charge in [-0.1, -0.05) is 41.5 Å². The van der Waals surface area contributed by atoms with Crippen LogP contribution in [0.2, 0.25) is 0 Å². The fourth-order valence-electron chi connectivity index (χ4n) is 4.60. The molecule has 1 rings (SSSR count). The zero-order chi connectivity index (χ0) is 39.8. The number of benzene rings is 1. The highest BCUT2D eigenvalue weighted by atomic mass is 19.4. The van der Waals surface area contributed by atoms with E-state index in [1.54, 1.807) is 62.3 Å². The molecular formula is C31H41F13N2O4. The fraction of sp³-hybridized carbons (Fsp3) is 0.742. The summed E-state index contributed by atoms with van der Waals surface area (Å²) in [6.45, 7) is 12.7. The smallest absolute Gasteiger partial charge is 0.460 e. The van der Waals surface area contributed by atoms with Gasteiger partial charge in [0.25, 0.3) is 0 Å². The first-order valence-electron chi connectivity index (χ1n) is 15.1. The van der Waals surface area contributed by atoms with Crippen LogP contribution in [0.25, 0.3) is 0 Å². The summed E-state index contributed by atoms with van der Waals surface area (Å²) in [5, 5.41) is 2.63. The number of rotatable bonds is 14. The van der Waals surface area contributed by atoms with Crippen LogP contribution in [-0.4, -0.2) is 78.0 Å². The number of hydrogen-bond acceptors (Lipinski definition) is 4. The highest BCUT2D eigenvalue weighted by Gasteiger charge is 2.90. The Balaban J connectivity index is 3.47. The number of anilines is 1. The molecule has 6 nitrogen and oxygen atoms in total. The molecule has 0 aliphatic carbocycles. The second-order valence-electron chi connectivity index (χ2n) is 13.7. The molecule has 0 unspecified atom stereocenters. The van der Waals surface area contributed by atoms with Crippen LogP contribution < -0.4 is 10.1 Å². The zero-order valence-electron chi connectivity index (χ0n) is 28.9. The highest BCUT2D eigenvalue weighted by Crippen LogP contribution is 2.60. The largest absolute Gasteiger partial charge is 0.493 e. The lowest BCUT2D eigenvalue weighted by molar-refractivity contribution is -0.440. The van der Waals surface area contributed by atoms with Gasteiger partial charge in [-0.05, 0) is 61.8 Å². The molecule has 0 fully saturated rings. The average molecular weight is 753 g/mol. The Bertz CT molecular complexity index is 1330. The molecule has 0 saturated carbocycles. The number of nitrogens with one attached hydrogen (secondary N) is 1. The Morgan fingerprint density at radius 2 is 1.14 bits per heavy atom. The Hall–Kier alpha value is -3.15. The van der Waals surface area contributed by atoms with Gasteiger partial charge in [-0.2, -0.15) is 57.1 Å². The summed E-state index contributed by atoms with van der Waals surface area (Å²) in [6.07, 6.45) is -10.8. The normalized spacial score (nSPS) is 14.7. The molecular weight excluding hydrogens is 711 g/mol. The SMILES string of the molecule is CC(C)c1cc(NC(=O)[C@H](C(C)C)N(C)C(=O)OC(C)(C)C)cc(C(C)C)c1OCCC(F)(F)C(F)(F)C(F)(F)C(F)(F)C(F)(F)C(F)(F)F. The van der Waals surface area contributed by atoms with Gasteiger partial charge in [-0.15, -0.1) is 0 Å². The van der Waals surface area contributed by atoms with Crippen LogP contribution in [-0.2, 0) is 9.53 Å². The van der Waals surface area contributed by atoms with Crippen molar-refractivity contribution < 1.29 is 76.1 Å². The third-order valence-corrected chi connectivity index (χ3v) is 7.32. The lowest BCUT2D eigenvalue weighted by Crippen LogP contribution is -2.70. The zero-order valence-corrected chi connectivity index (χ0v) is 28.9. The maximum atomic E-state index is 14.4. The van der Waals surface area contributed by atoms with Crippen molar-refractivity contribution in [2.45, 2.75) is 128 Å². The lowest BCUT2D eigenvalue weighted by Gasteiger charge is -2.39. The molecule has 0 aliphatic heterocycles. The van der Waals surface area contributed by atoms with Gasteiger partial charge in [0.1, 0.15) is 17.4 Å². The van der Waals surface area contributed by atoms with Gasteiger partial charge in [0.15, 0.2) is 0 Å². The monoisotopic (exact) mass is 752 g/mol.